The first-order valence-electron chi connectivity index (χ1n) is 8.87. The van der Waals surface area contributed by atoms with Gasteiger partial charge >= 0.3 is 0 Å². The molecule has 4 aromatic rings. The molecule has 2 aromatic carbocycles. The number of imidazole rings is 2. The predicted molar refractivity (Wildman–Crippen MR) is 104 cm³/mol. The largest absolute Gasteiger partial charge is 0.330 e. The van der Waals surface area contributed by atoms with E-state index in [-0.39, 0.29) is 6.04 Å². The lowest BCUT2D eigenvalue weighted by Crippen LogP contribution is -2.20. The summed E-state index contributed by atoms with van der Waals surface area (Å²) in [5, 5.41) is 3.58. The van der Waals surface area contributed by atoms with Crippen molar-refractivity contribution in [1.82, 2.24) is 24.4 Å². The minimum Gasteiger partial charge on any atom is -0.330 e. The van der Waals surface area contributed by atoms with Gasteiger partial charge in [-0.3, -0.25) is 0 Å². The quantitative estimate of drug-likeness (QED) is 0.596. The van der Waals surface area contributed by atoms with E-state index in [0.717, 1.165) is 34.9 Å². The van der Waals surface area contributed by atoms with Crippen LogP contribution in [0.3, 0.4) is 0 Å². The highest BCUT2D eigenvalue weighted by Gasteiger charge is 2.10. The topological polar surface area (TPSA) is 47.7 Å². The Balaban J connectivity index is 1.47. The molecule has 0 bridgehead atoms. The van der Waals surface area contributed by atoms with E-state index >= 15 is 0 Å². The Hall–Kier alpha value is -2.92. The number of aryl methyl sites for hydroxylation is 2. The zero-order chi connectivity index (χ0) is 18.1. The van der Waals surface area contributed by atoms with Crippen LogP contribution in [0.1, 0.15) is 30.2 Å². The van der Waals surface area contributed by atoms with Crippen molar-refractivity contribution < 1.29 is 0 Å². The Kier molecular flexibility index (Phi) is 4.31. The summed E-state index contributed by atoms with van der Waals surface area (Å²) in [6.45, 7) is 4.92. The highest BCUT2D eigenvalue weighted by atomic mass is 15.1. The van der Waals surface area contributed by atoms with E-state index < -0.39 is 0 Å². The summed E-state index contributed by atoms with van der Waals surface area (Å²) in [7, 11) is 2.07. The van der Waals surface area contributed by atoms with Crippen LogP contribution < -0.4 is 5.32 Å². The van der Waals surface area contributed by atoms with Crippen molar-refractivity contribution in [2.75, 3.05) is 0 Å². The van der Waals surface area contributed by atoms with Gasteiger partial charge in [0.2, 0.25) is 0 Å². The Morgan fingerprint density at radius 3 is 2.54 bits per heavy atom. The SMILES string of the molecule is Cc1nccn1-c1ccc([C@@H](C)NCc2nc3ccccc3n2C)cc1. The van der Waals surface area contributed by atoms with Gasteiger partial charge in [-0.15, -0.1) is 0 Å². The summed E-state index contributed by atoms with van der Waals surface area (Å²) in [5.74, 6) is 2.04. The number of fused-ring (bicyclic) bond motifs is 1. The Morgan fingerprint density at radius 2 is 1.85 bits per heavy atom. The first kappa shape index (κ1) is 16.5. The van der Waals surface area contributed by atoms with Crippen LogP contribution in [0, 0.1) is 6.92 Å². The third kappa shape index (κ3) is 3.02. The number of nitrogens with one attached hydrogen (secondary N) is 1. The maximum Gasteiger partial charge on any atom is 0.123 e. The highest BCUT2D eigenvalue weighted by molar-refractivity contribution is 5.75. The molecule has 5 heteroatoms. The lowest BCUT2D eigenvalue weighted by atomic mass is 10.1. The van der Waals surface area contributed by atoms with Crippen LogP contribution >= 0.6 is 0 Å². The molecule has 1 atom stereocenters. The Labute approximate surface area is 153 Å². The maximum atomic E-state index is 4.73. The highest BCUT2D eigenvalue weighted by Crippen LogP contribution is 2.18. The lowest BCUT2D eigenvalue weighted by molar-refractivity contribution is 0.551. The summed E-state index contributed by atoms with van der Waals surface area (Å²) in [5.41, 5.74) is 4.59. The van der Waals surface area contributed by atoms with Gasteiger partial charge in [-0.2, -0.15) is 0 Å². The number of aromatic nitrogens is 4. The van der Waals surface area contributed by atoms with E-state index in [9.17, 15) is 0 Å². The zero-order valence-electron chi connectivity index (χ0n) is 15.3. The van der Waals surface area contributed by atoms with Crippen LogP contribution in [-0.4, -0.2) is 19.1 Å². The molecule has 1 N–H and O–H groups in total. The molecule has 0 aliphatic rings. The average Bonchev–Trinajstić information content (AvgIpc) is 3.23. The van der Waals surface area contributed by atoms with E-state index in [4.69, 9.17) is 4.98 Å². The first-order chi connectivity index (χ1) is 12.6. The molecule has 0 fully saturated rings. The average molecular weight is 345 g/mol. The molecule has 4 rings (SSSR count). The van der Waals surface area contributed by atoms with Crippen molar-refractivity contribution in [2.45, 2.75) is 26.4 Å². The second-order valence-electron chi connectivity index (χ2n) is 6.61. The van der Waals surface area contributed by atoms with Gasteiger partial charge in [-0.1, -0.05) is 24.3 Å². The minimum atomic E-state index is 0.243. The molecule has 26 heavy (non-hydrogen) atoms. The van der Waals surface area contributed by atoms with E-state index in [0.29, 0.717) is 0 Å². The fourth-order valence-corrected chi connectivity index (χ4v) is 3.29. The number of hydrogen-bond acceptors (Lipinski definition) is 3. The van der Waals surface area contributed by atoms with Crippen LogP contribution in [0.5, 0.6) is 0 Å². The molecular formula is C21H23N5. The van der Waals surface area contributed by atoms with Crippen LogP contribution in [0.15, 0.2) is 60.9 Å². The number of rotatable bonds is 5. The molecule has 5 nitrogen and oxygen atoms in total. The van der Waals surface area contributed by atoms with Crippen molar-refractivity contribution in [2.24, 2.45) is 7.05 Å². The van der Waals surface area contributed by atoms with Crippen molar-refractivity contribution in [3.05, 3.63) is 78.1 Å². The molecule has 0 aliphatic carbocycles. The fraction of sp³-hybridized carbons (Fsp3) is 0.238. The zero-order valence-corrected chi connectivity index (χ0v) is 15.3. The molecular weight excluding hydrogens is 322 g/mol. The third-order valence-corrected chi connectivity index (χ3v) is 4.94. The van der Waals surface area contributed by atoms with Gasteiger partial charge in [0.05, 0.1) is 17.6 Å². The number of nitrogens with zero attached hydrogens (tertiary/aromatic N) is 4. The summed E-state index contributed by atoms with van der Waals surface area (Å²) in [6.07, 6.45) is 3.81. The summed E-state index contributed by atoms with van der Waals surface area (Å²) in [6, 6.07) is 17.1. The van der Waals surface area contributed by atoms with Gasteiger partial charge in [-0.05, 0) is 43.7 Å². The van der Waals surface area contributed by atoms with Gasteiger partial charge in [0.25, 0.3) is 0 Å². The van der Waals surface area contributed by atoms with Crippen molar-refractivity contribution in [3.63, 3.8) is 0 Å². The van der Waals surface area contributed by atoms with Gasteiger partial charge < -0.3 is 14.5 Å². The Bertz CT molecular complexity index is 1030. The standard InChI is InChI=1S/C21H23N5/c1-15(17-8-10-18(11-9-17)26-13-12-22-16(26)2)23-14-21-24-19-6-4-5-7-20(19)25(21)3/h4-13,15,23H,14H2,1-3H3/t15-/m1/s1. The van der Waals surface area contributed by atoms with Gasteiger partial charge in [0, 0.05) is 31.2 Å². The molecule has 0 saturated heterocycles. The summed E-state index contributed by atoms with van der Waals surface area (Å²) < 4.78 is 4.24. The van der Waals surface area contributed by atoms with E-state index in [2.05, 4.69) is 69.8 Å². The molecule has 2 aromatic heterocycles. The molecule has 132 valence electrons. The van der Waals surface area contributed by atoms with Crippen LogP contribution in [0.2, 0.25) is 0 Å². The van der Waals surface area contributed by atoms with Gasteiger partial charge in [0.1, 0.15) is 11.6 Å². The van der Waals surface area contributed by atoms with Crippen LogP contribution in [-0.2, 0) is 13.6 Å². The second kappa shape index (κ2) is 6.77. The molecule has 0 aliphatic heterocycles. The number of para-hydroxylation sites is 2. The van der Waals surface area contributed by atoms with Crippen molar-refractivity contribution >= 4 is 11.0 Å². The van der Waals surface area contributed by atoms with E-state index in [1.165, 1.54) is 5.56 Å². The third-order valence-electron chi connectivity index (χ3n) is 4.94. The molecule has 0 spiro atoms. The second-order valence-corrected chi connectivity index (χ2v) is 6.61. The normalized spacial score (nSPS) is 12.6. The van der Waals surface area contributed by atoms with Gasteiger partial charge in [-0.25, -0.2) is 9.97 Å². The monoisotopic (exact) mass is 345 g/mol. The predicted octanol–water partition coefficient (Wildman–Crippen LogP) is 3.92. The van der Waals surface area contributed by atoms with Gasteiger partial charge in [0.15, 0.2) is 0 Å². The summed E-state index contributed by atoms with van der Waals surface area (Å²) >= 11 is 0. The van der Waals surface area contributed by atoms with Crippen LogP contribution in [0.25, 0.3) is 16.7 Å². The van der Waals surface area contributed by atoms with E-state index in [1.54, 1.807) is 0 Å². The molecule has 0 unspecified atom stereocenters. The van der Waals surface area contributed by atoms with E-state index in [1.807, 2.05) is 31.5 Å². The Morgan fingerprint density at radius 1 is 1.08 bits per heavy atom. The van der Waals surface area contributed by atoms with Crippen LogP contribution in [0.4, 0.5) is 0 Å². The molecule has 2 heterocycles. The smallest absolute Gasteiger partial charge is 0.123 e. The molecule has 0 radical (unpaired) electrons. The maximum absolute atomic E-state index is 4.73. The van der Waals surface area contributed by atoms with Crippen molar-refractivity contribution in [3.8, 4) is 5.69 Å². The minimum absolute atomic E-state index is 0.243. The number of hydrogen-bond donors (Lipinski definition) is 1. The first-order valence-corrected chi connectivity index (χ1v) is 8.87. The molecule has 0 amide bonds. The summed E-state index contributed by atoms with van der Waals surface area (Å²) in [4.78, 5) is 9.01. The molecule has 0 saturated carbocycles. The fourth-order valence-electron chi connectivity index (χ4n) is 3.29. The lowest BCUT2D eigenvalue weighted by Gasteiger charge is -2.15. The number of benzene rings is 2. The van der Waals surface area contributed by atoms with Crippen molar-refractivity contribution in [1.29, 1.82) is 0 Å².